The fraction of sp³-hybridized carbons (Fsp3) is 0.194. The average molecular weight is 582 g/mol. The number of rotatable bonds is 8. The zero-order valence-electron chi connectivity index (χ0n) is 22.3. The lowest BCUT2D eigenvalue weighted by Gasteiger charge is -2.18. The van der Waals surface area contributed by atoms with Crippen molar-refractivity contribution in [1.82, 2.24) is 19.9 Å². The number of nitrogens with zero attached hydrogens (tertiary/aromatic N) is 4. The molecule has 0 aliphatic heterocycles. The van der Waals surface area contributed by atoms with Gasteiger partial charge in [0, 0.05) is 29.4 Å². The van der Waals surface area contributed by atoms with Crippen LogP contribution in [0.2, 0.25) is 0 Å². The summed E-state index contributed by atoms with van der Waals surface area (Å²) in [5, 5.41) is 3.54. The van der Waals surface area contributed by atoms with Crippen LogP contribution in [0, 0.1) is 0 Å². The van der Waals surface area contributed by atoms with Crippen molar-refractivity contribution in [3.63, 3.8) is 0 Å². The maximum Gasteiger partial charge on any atom is 0.418 e. The molecule has 42 heavy (non-hydrogen) atoms. The van der Waals surface area contributed by atoms with Crippen molar-refractivity contribution in [3.05, 3.63) is 114 Å². The second-order valence-electron chi connectivity index (χ2n) is 9.79. The van der Waals surface area contributed by atoms with Crippen LogP contribution in [0.3, 0.4) is 0 Å². The molecule has 2 aromatic heterocycles. The normalized spacial score (nSPS) is 12.2. The van der Waals surface area contributed by atoms with Crippen molar-refractivity contribution in [2.24, 2.45) is 0 Å². The predicted octanol–water partition coefficient (Wildman–Crippen LogP) is 8.15. The molecule has 0 saturated carbocycles. The van der Waals surface area contributed by atoms with Crippen molar-refractivity contribution < 1.29 is 26.3 Å². The highest BCUT2D eigenvalue weighted by Crippen LogP contribution is 2.37. The summed E-state index contributed by atoms with van der Waals surface area (Å²) in [6, 6.07) is 21.2. The molecule has 0 spiro atoms. The van der Waals surface area contributed by atoms with E-state index in [1.165, 1.54) is 36.5 Å². The predicted molar refractivity (Wildman–Crippen MR) is 149 cm³/mol. The minimum atomic E-state index is -4.61. The molecule has 5 rings (SSSR count). The molecule has 0 atom stereocenters. The van der Waals surface area contributed by atoms with E-state index in [0.717, 1.165) is 30.2 Å². The van der Waals surface area contributed by atoms with Gasteiger partial charge < -0.3 is 5.32 Å². The highest BCUT2D eigenvalue weighted by atomic mass is 19.4. The number of nitrogens with one attached hydrogen (secondary N) is 1. The van der Waals surface area contributed by atoms with Gasteiger partial charge in [-0.3, -0.25) is 9.88 Å². The maximum absolute atomic E-state index is 13.7. The van der Waals surface area contributed by atoms with E-state index in [9.17, 15) is 26.3 Å². The number of anilines is 2. The van der Waals surface area contributed by atoms with Gasteiger partial charge in [0.1, 0.15) is 11.6 Å². The molecule has 0 unspecified atom stereocenters. The number of pyridine rings is 1. The van der Waals surface area contributed by atoms with E-state index in [1.807, 2.05) is 42.3 Å². The fourth-order valence-corrected chi connectivity index (χ4v) is 4.52. The van der Waals surface area contributed by atoms with E-state index in [-0.39, 0.29) is 11.3 Å². The number of hydrogen-bond donors (Lipinski definition) is 1. The number of alkyl halides is 6. The third kappa shape index (κ3) is 6.85. The summed E-state index contributed by atoms with van der Waals surface area (Å²) in [7, 11) is 1.90. The van der Waals surface area contributed by atoms with Crippen molar-refractivity contribution in [1.29, 1.82) is 0 Å². The SMILES string of the molecule is CN(CCc1ccccc1)Cc1nc(Nc2ccc(C(F)(F)F)cc2)c2ccc(-c3ncccc3C(F)(F)F)cc2n1. The molecule has 0 radical (unpaired) electrons. The summed E-state index contributed by atoms with van der Waals surface area (Å²) in [5.41, 5.74) is 0.210. The third-order valence-electron chi connectivity index (χ3n) is 6.64. The maximum atomic E-state index is 13.7. The molecule has 0 bridgehead atoms. The molecule has 1 N–H and O–H groups in total. The first kappa shape index (κ1) is 29.0. The number of aromatic nitrogens is 3. The fourth-order valence-electron chi connectivity index (χ4n) is 4.52. The van der Waals surface area contributed by atoms with Crippen molar-refractivity contribution in [3.8, 4) is 11.3 Å². The Labute approximate surface area is 237 Å². The summed E-state index contributed by atoms with van der Waals surface area (Å²) in [5.74, 6) is 0.705. The molecule has 0 amide bonds. The van der Waals surface area contributed by atoms with Gasteiger partial charge in [-0.05, 0) is 67.6 Å². The van der Waals surface area contributed by atoms with Crippen LogP contribution >= 0.6 is 0 Å². The van der Waals surface area contributed by atoms with Crippen LogP contribution in [0.5, 0.6) is 0 Å². The van der Waals surface area contributed by atoms with Gasteiger partial charge in [0.25, 0.3) is 0 Å². The topological polar surface area (TPSA) is 53.9 Å². The highest BCUT2D eigenvalue weighted by Gasteiger charge is 2.34. The van der Waals surface area contributed by atoms with E-state index in [1.54, 1.807) is 6.07 Å². The lowest BCUT2D eigenvalue weighted by Crippen LogP contribution is -2.22. The highest BCUT2D eigenvalue weighted by molar-refractivity contribution is 5.93. The van der Waals surface area contributed by atoms with Gasteiger partial charge in [0.15, 0.2) is 0 Å². The minimum absolute atomic E-state index is 0.220. The van der Waals surface area contributed by atoms with Gasteiger partial charge in [-0.25, -0.2) is 9.97 Å². The molecule has 0 aliphatic rings. The largest absolute Gasteiger partial charge is 0.418 e. The van der Waals surface area contributed by atoms with E-state index in [0.29, 0.717) is 41.3 Å². The summed E-state index contributed by atoms with van der Waals surface area (Å²) in [6.07, 6.45) is -7.01. The Morgan fingerprint density at radius 2 is 1.52 bits per heavy atom. The van der Waals surface area contributed by atoms with E-state index >= 15 is 0 Å². The first-order chi connectivity index (χ1) is 20.0. The Hall–Kier alpha value is -4.51. The molecule has 5 aromatic rings. The first-order valence-electron chi connectivity index (χ1n) is 13.0. The second-order valence-corrected chi connectivity index (χ2v) is 9.79. The molecule has 5 nitrogen and oxygen atoms in total. The van der Waals surface area contributed by atoms with Crippen molar-refractivity contribution in [2.75, 3.05) is 18.9 Å². The van der Waals surface area contributed by atoms with Gasteiger partial charge in [-0.15, -0.1) is 0 Å². The quantitative estimate of drug-likeness (QED) is 0.188. The van der Waals surface area contributed by atoms with Crippen LogP contribution < -0.4 is 5.32 Å². The van der Waals surface area contributed by atoms with Gasteiger partial charge in [0.05, 0.1) is 28.9 Å². The lowest BCUT2D eigenvalue weighted by molar-refractivity contribution is -0.138. The number of fused-ring (bicyclic) bond motifs is 1. The number of hydrogen-bond acceptors (Lipinski definition) is 5. The third-order valence-corrected chi connectivity index (χ3v) is 6.64. The monoisotopic (exact) mass is 581 g/mol. The lowest BCUT2D eigenvalue weighted by atomic mass is 10.0. The molecular weight excluding hydrogens is 556 g/mol. The van der Waals surface area contributed by atoms with Crippen LogP contribution in [0.25, 0.3) is 22.2 Å². The molecule has 0 saturated heterocycles. The second kappa shape index (κ2) is 11.8. The molecule has 216 valence electrons. The van der Waals surface area contributed by atoms with Crippen LogP contribution in [-0.2, 0) is 25.3 Å². The van der Waals surface area contributed by atoms with Gasteiger partial charge in [-0.1, -0.05) is 36.4 Å². The Kier molecular flexibility index (Phi) is 8.13. The van der Waals surface area contributed by atoms with Crippen molar-refractivity contribution in [2.45, 2.75) is 25.3 Å². The minimum Gasteiger partial charge on any atom is -0.340 e. The Morgan fingerprint density at radius 1 is 0.786 bits per heavy atom. The number of benzene rings is 3. The van der Waals surface area contributed by atoms with Crippen LogP contribution in [0.15, 0.2) is 91.1 Å². The molecule has 3 aromatic carbocycles. The summed E-state index contributed by atoms with van der Waals surface area (Å²) >= 11 is 0. The molecule has 11 heteroatoms. The molecule has 0 fully saturated rings. The first-order valence-corrected chi connectivity index (χ1v) is 13.0. The van der Waals surface area contributed by atoms with E-state index in [2.05, 4.69) is 20.3 Å². The van der Waals surface area contributed by atoms with Gasteiger partial charge in [0.2, 0.25) is 0 Å². The molecular formula is C31H25F6N5. The Bertz CT molecular complexity index is 1670. The van der Waals surface area contributed by atoms with Crippen molar-refractivity contribution >= 4 is 22.4 Å². The molecule has 2 heterocycles. The summed E-state index contributed by atoms with van der Waals surface area (Å²) in [6.45, 7) is 1.02. The zero-order chi connectivity index (χ0) is 29.9. The standard InChI is InChI=1S/C31H25F6N5/c1-42(17-15-20-6-3-2-4-7-20)19-27-40-26-18-21(28-25(31(35,36)37)8-5-16-38-28)9-14-24(26)29(41-27)39-23-12-10-22(11-13-23)30(32,33)34/h2-14,16,18H,15,17,19H2,1H3,(H,39,40,41). The number of halogens is 6. The van der Waals surface area contributed by atoms with Gasteiger partial charge >= 0.3 is 12.4 Å². The average Bonchev–Trinajstić information content (AvgIpc) is 2.96. The smallest absolute Gasteiger partial charge is 0.340 e. The Balaban J connectivity index is 1.51. The molecule has 0 aliphatic carbocycles. The van der Waals surface area contributed by atoms with Crippen LogP contribution in [0.1, 0.15) is 22.5 Å². The number of likely N-dealkylation sites (N-methyl/N-ethyl adjacent to an activating group) is 1. The summed E-state index contributed by atoms with van der Waals surface area (Å²) < 4.78 is 80.3. The van der Waals surface area contributed by atoms with Crippen LogP contribution in [-0.4, -0.2) is 33.4 Å². The van der Waals surface area contributed by atoms with E-state index in [4.69, 9.17) is 0 Å². The zero-order valence-corrected chi connectivity index (χ0v) is 22.3. The Morgan fingerprint density at radius 3 is 2.21 bits per heavy atom. The summed E-state index contributed by atoms with van der Waals surface area (Å²) in [4.78, 5) is 15.3. The van der Waals surface area contributed by atoms with Gasteiger partial charge in [-0.2, -0.15) is 26.3 Å². The van der Waals surface area contributed by atoms with E-state index < -0.39 is 23.5 Å². The van der Waals surface area contributed by atoms with Crippen LogP contribution in [0.4, 0.5) is 37.8 Å².